The van der Waals surface area contributed by atoms with Crippen LogP contribution in [0.4, 0.5) is 0 Å². The summed E-state index contributed by atoms with van der Waals surface area (Å²) in [4.78, 5) is 2.51. The highest BCUT2D eigenvalue weighted by Gasteiger charge is 2.19. The van der Waals surface area contributed by atoms with E-state index in [1.807, 2.05) is 13.8 Å². The van der Waals surface area contributed by atoms with Crippen molar-refractivity contribution in [3.8, 4) is 0 Å². The Kier molecular flexibility index (Phi) is 7.58. The fraction of sp³-hybridized carbons (Fsp3) is 1.00. The summed E-state index contributed by atoms with van der Waals surface area (Å²) < 4.78 is 0. The molecule has 0 aliphatic carbocycles. The zero-order chi connectivity index (χ0) is 9.40. The summed E-state index contributed by atoms with van der Waals surface area (Å²) in [6.45, 7) is 7.60. The van der Waals surface area contributed by atoms with E-state index in [1.54, 1.807) is 0 Å². The van der Waals surface area contributed by atoms with Gasteiger partial charge in [0.1, 0.15) is 0 Å². The van der Waals surface area contributed by atoms with E-state index in [0.29, 0.717) is 0 Å². The average Bonchev–Trinajstić information content (AvgIpc) is 2.51. The van der Waals surface area contributed by atoms with Crippen LogP contribution in [0.5, 0.6) is 0 Å². The summed E-state index contributed by atoms with van der Waals surface area (Å²) in [6, 6.07) is 0.917. The van der Waals surface area contributed by atoms with Crippen molar-refractivity contribution in [2.24, 2.45) is 0 Å². The van der Waals surface area contributed by atoms with E-state index in [9.17, 15) is 0 Å². The third-order valence-electron chi connectivity index (χ3n) is 2.56. The van der Waals surface area contributed by atoms with Crippen LogP contribution in [-0.2, 0) is 0 Å². The number of likely N-dealkylation sites (tertiary alicyclic amines) is 1. The third-order valence-corrected chi connectivity index (χ3v) is 2.56. The van der Waals surface area contributed by atoms with Gasteiger partial charge in [-0.25, -0.2) is 0 Å². The molecule has 1 fully saturated rings. The Morgan fingerprint density at radius 2 is 2.08 bits per heavy atom. The lowest BCUT2D eigenvalue weighted by Crippen LogP contribution is -2.24. The van der Waals surface area contributed by atoms with E-state index < -0.39 is 0 Å². The Hall–Kier alpha value is -0.0400. The van der Waals surface area contributed by atoms with Gasteiger partial charge in [-0.05, 0) is 32.9 Å². The van der Waals surface area contributed by atoms with Gasteiger partial charge in [0.15, 0.2) is 0 Å². The summed E-state index contributed by atoms with van der Waals surface area (Å²) in [5.41, 5.74) is 0. The molecule has 1 heterocycles. The van der Waals surface area contributed by atoms with Crippen molar-refractivity contribution in [3.63, 3.8) is 0 Å². The summed E-state index contributed by atoms with van der Waals surface area (Å²) >= 11 is 0. The maximum absolute atomic E-state index is 2.51. The van der Waals surface area contributed by atoms with Gasteiger partial charge in [-0.15, -0.1) is 0 Å². The fourth-order valence-electron chi connectivity index (χ4n) is 1.78. The van der Waals surface area contributed by atoms with Crippen LogP contribution < -0.4 is 0 Å². The maximum atomic E-state index is 2.51. The molecule has 0 radical (unpaired) electrons. The minimum atomic E-state index is 0. The predicted octanol–water partition coefficient (Wildman–Crippen LogP) is 3.54. The second kappa shape index (κ2) is 7.60. The first-order valence-corrected chi connectivity index (χ1v) is 5.55. The topological polar surface area (TPSA) is 3.24 Å². The molecule has 1 aliphatic heterocycles. The van der Waals surface area contributed by atoms with E-state index in [2.05, 4.69) is 18.9 Å². The molecule has 12 heavy (non-hydrogen) atoms. The smallest absolute Gasteiger partial charge is 0.00926 e. The van der Waals surface area contributed by atoms with E-state index >= 15 is 0 Å². The largest absolute Gasteiger partial charge is 0.303 e. The molecule has 1 atom stereocenters. The molecule has 0 aromatic rings. The Morgan fingerprint density at radius 3 is 2.50 bits per heavy atom. The number of hydrogen-bond acceptors (Lipinski definition) is 1. The highest BCUT2D eigenvalue weighted by atomic mass is 15.1. The molecule has 0 bridgehead atoms. The van der Waals surface area contributed by atoms with Crippen molar-refractivity contribution < 1.29 is 1.43 Å². The lowest BCUT2D eigenvalue weighted by Gasteiger charge is -2.18. The van der Waals surface area contributed by atoms with Crippen molar-refractivity contribution in [3.05, 3.63) is 0 Å². The van der Waals surface area contributed by atoms with Crippen LogP contribution in [0.1, 0.15) is 54.3 Å². The van der Waals surface area contributed by atoms with Crippen LogP contribution >= 0.6 is 0 Å². The van der Waals surface area contributed by atoms with Crippen LogP contribution in [0.15, 0.2) is 0 Å². The zero-order valence-corrected chi connectivity index (χ0v) is 9.27. The molecule has 1 heteroatoms. The van der Waals surface area contributed by atoms with E-state index in [4.69, 9.17) is 0 Å². The molecule has 1 unspecified atom stereocenters. The first kappa shape index (κ1) is 12.0. The van der Waals surface area contributed by atoms with Gasteiger partial charge in [0.05, 0.1) is 0 Å². The second-order valence-corrected chi connectivity index (χ2v) is 3.42. The van der Waals surface area contributed by atoms with E-state index in [-0.39, 0.29) is 1.43 Å². The summed E-state index contributed by atoms with van der Waals surface area (Å²) in [5, 5.41) is 0. The molecule has 0 amide bonds. The fourth-order valence-corrected chi connectivity index (χ4v) is 1.78. The van der Waals surface area contributed by atoms with Gasteiger partial charge in [0.2, 0.25) is 0 Å². The van der Waals surface area contributed by atoms with Gasteiger partial charge in [0, 0.05) is 7.47 Å². The molecular formula is C11H27N. The highest BCUT2D eigenvalue weighted by molar-refractivity contribution is 4.75. The van der Waals surface area contributed by atoms with Gasteiger partial charge in [0.25, 0.3) is 0 Å². The lowest BCUT2D eigenvalue weighted by molar-refractivity contribution is 0.291. The molecule has 1 saturated heterocycles. The number of hydrogen-bond donors (Lipinski definition) is 0. The zero-order valence-electron chi connectivity index (χ0n) is 9.27. The molecule has 0 N–H and O–H groups in total. The maximum Gasteiger partial charge on any atom is 0.00926 e. The first-order valence-electron chi connectivity index (χ1n) is 5.55. The van der Waals surface area contributed by atoms with Crippen LogP contribution in [0.2, 0.25) is 0 Å². The monoisotopic (exact) mass is 173 g/mol. The average molecular weight is 173 g/mol. The minimum absolute atomic E-state index is 0. The van der Waals surface area contributed by atoms with Gasteiger partial charge < -0.3 is 4.90 Å². The SMILES string of the molecule is CC.CCCCC1CCCN1C.[HH]. The van der Waals surface area contributed by atoms with Gasteiger partial charge in [-0.1, -0.05) is 33.6 Å². The highest BCUT2D eigenvalue weighted by Crippen LogP contribution is 2.19. The standard InChI is InChI=1S/C9H19N.C2H6.H2/c1-3-4-6-9-7-5-8-10(9)2;1-2;/h9H,3-8H2,1-2H3;1-2H3;1H. The number of unbranched alkanes of at least 4 members (excludes halogenated alkanes) is 1. The Labute approximate surface area is 79.6 Å². The lowest BCUT2D eigenvalue weighted by atomic mass is 10.1. The first-order chi connectivity index (χ1) is 5.84. The van der Waals surface area contributed by atoms with Gasteiger partial charge >= 0.3 is 0 Å². The molecule has 1 nitrogen and oxygen atoms in total. The Bertz CT molecular complexity index is 96.1. The summed E-state index contributed by atoms with van der Waals surface area (Å²) in [7, 11) is 2.26. The normalized spacial score (nSPS) is 23.5. The van der Waals surface area contributed by atoms with Crippen molar-refractivity contribution >= 4 is 0 Å². The van der Waals surface area contributed by atoms with E-state index in [1.165, 1.54) is 38.6 Å². The van der Waals surface area contributed by atoms with Crippen molar-refractivity contribution in [2.45, 2.75) is 58.9 Å². The molecule has 0 aromatic carbocycles. The molecule has 76 valence electrons. The van der Waals surface area contributed by atoms with Gasteiger partial charge in [-0.3, -0.25) is 0 Å². The quantitative estimate of drug-likeness (QED) is 0.631. The van der Waals surface area contributed by atoms with Crippen LogP contribution in [0, 0.1) is 0 Å². The Balaban J connectivity index is 0. The minimum Gasteiger partial charge on any atom is -0.303 e. The second-order valence-electron chi connectivity index (χ2n) is 3.42. The molecule has 0 saturated carbocycles. The molecule has 0 spiro atoms. The molecule has 1 aliphatic rings. The van der Waals surface area contributed by atoms with Crippen LogP contribution in [0.25, 0.3) is 0 Å². The van der Waals surface area contributed by atoms with Gasteiger partial charge in [-0.2, -0.15) is 0 Å². The Morgan fingerprint density at radius 1 is 1.42 bits per heavy atom. The van der Waals surface area contributed by atoms with Crippen LogP contribution in [-0.4, -0.2) is 24.5 Å². The number of nitrogens with zero attached hydrogens (tertiary/aromatic N) is 1. The van der Waals surface area contributed by atoms with Crippen molar-refractivity contribution in [1.29, 1.82) is 0 Å². The third kappa shape index (κ3) is 4.10. The molecular weight excluding hydrogens is 146 g/mol. The summed E-state index contributed by atoms with van der Waals surface area (Å²) in [5.74, 6) is 0. The van der Waals surface area contributed by atoms with Crippen LogP contribution in [0.3, 0.4) is 0 Å². The molecule has 0 aromatic heterocycles. The predicted molar refractivity (Wildman–Crippen MR) is 58.6 cm³/mol. The van der Waals surface area contributed by atoms with Crippen molar-refractivity contribution in [1.82, 2.24) is 4.90 Å². The number of rotatable bonds is 3. The summed E-state index contributed by atoms with van der Waals surface area (Å²) in [6.07, 6.45) is 7.05. The molecule has 1 rings (SSSR count). The van der Waals surface area contributed by atoms with E-state index in [0.717, 1.165) is 6.04 Å². The van der Waals surface area contributed by atoms with Crippen molar-refractivity contribution in [2.75, 3.05) is 13.6 Å².